The maximum Gasteiger partial charge on any atom is 0.227 e. The number of hydrogen-bond acceptors (Lipinski definition) is 7. The van der Waals surface area contributed by atoms with Crippen molar-refractivity contribution in [3.05, 3.63) is 47.4 Å². The van der Waals surface area contributed by atoms with Gasteiger partial charge in [0, 0.05) is 38.4 Å². The molecule has 2 aromatic heterocycles. The summed E-state index contributed by atoms with van der Waals surface area (Å²) in [5.41, 5.74) is 3.43. The van der Waals surface area contributed by atoms with E-state index in [9.17, 15) is 0 Å². The van der Waals surface area contributed by atoms with Gasteiger partial charge in [-0.25, -0.2) is 9.97 Å². The first-order valence-corrected chi connectivity index (χ1v) is 9.76. The maximum absolute atomic E-state index is 6.29. The summed E-state index contributed by atoms with van der Waals surface area (Å²) in [6.07, 6.45) is 5.16. The molecule has 1 saturated heterocycles. The summed E-state index contributed by atoms with van der Waals surface area (Å²) >= 11 is 6.29. The Labute approximate surface area is 174 Å². The average molecular weight is 415 g/mol. The smallest absolute Gasteiger partial charge is 0.227 e. The molecule has 3 heterocycles. The summed E-state index contributed by atoms with van der Waals surface area (Å²) in [6, 6.07) is 6.10. The molecule has 0 amide bonds. The first kappa shape index (κ1) is 19.6. The molecule has 0 unspecified atom stereocenters. The van der Waals surface area contributed by atoms with Gasteiger partial charge in [-0.3, -0.25) is 9.58 Å². The molecule has 0 saturated carbocycles. The maximum atomic E-state index is 6.29. The summed E-state index contributed by atoms with van der Waals surface area (Å²) in [7, 11) is 3.50. The lowest BCUT2D eigenvalue weighted by molar-refractivity contribution is 0.0342. The van der Waals surface area contributed by atoms with Gasteiger partial charge in [0.2, 0.25) is 5.95 Å². The van der Waals surface area contributed by atoms with Crippen molar-refractivity contribution in [3.63, 3.8) is 0 Å². The molecule has 4 rings (SSSR count). The average Bonchev–Trinajstić information content (AvgIpc) is 3.17. The molecule has 0 atom stereocenters. The lowest BCUT2D eigenvalue weighted by Gasteiger charge is -2.26. The van der Waals surface area contributed by atoms with E-state index in [1.807, 2.05) is 25.4 Å². The number of methoxy groups -OCH3 is 1. The van der Waals surface area contributed by atoms with Crippen molar-refractivity contribution in [3.8, 4) is 17.0 Å². The molecule has 0 aliphatic carbocycles. The molecule has 1 aliphatic heterocycles. The quantitative estimate of drug-likeness (QED) is 0.664. The van der Waals surface area contributed by atoms with E-state index in [1.54, 1.807) is 24.2 Å². The zero-order chi connectivity index (χ0) is 20.2. The van der Waals surface area contributed by atoms with Crippen molar-refractivity contribution in [1.82, 2.24) is 24.6 Å². The van der Waals surface area contributed by atoms with Crippen molar-refractivity contribution in [2.75, 3.05) is 38.7 Å². The van der Waals surface area contributed by atoms with Crippen molar-refractivity contribution in [2.45, 2.75) is 6.54 Å². The molecule has 0 spiro atoms. The predicted octanol–water partition coefficient (Wildman–Crippen LogP) is 3.11. The zero-order valence-corrected chi connectivity index (χ0v) is 17.2. The lowest BCUT2D eigenvalue weighted by atomic mass is 10.1. The summed E-state index contributed by atoms with van der Waals surface area (Å²) in [5.74, 6) is 1.17. The van der Waals surface area contributed by atoms with Gasteiger partial charge in [-0.05, 0) is 17.7 Å². The lowest BCUT2D eigenvalue weighted by Crippen LogP contribution is -2.35. The van der Waals surface area contributed by atoms with Crippen molar-refractivity contribution in [2.24, 2.45) is 7.05 Å². The van der Waals surface area contributed by atoms with Gasteiger partial charge in [0.05, 0.1) is 49.1 Å². The minimum Gasteiger partial charge on any atom is -0.495 e. The Hall–Kier alpha value is -2.68. The third-order valence-corrected chi connectivity index (χ3v) is 5.02. The van der Waals surface area contributed by atoms with Crippen LogP contribution < -0.4 is 10.1 Å². The molecule has 1 aliphatic rings. The number of aryl methyl sites for hydroxylation is 1. The highest BCUT2D eigenvalue weighted by Gasteiger charge is 2.14. The number of nitrogens with zero attached hydrogens (tertiary/aromatic N) is 5. The Balaban J connectivity index is 1.54. The van der Waals surface area contributed by atoms with E-state index in [2.05, 4.69) is 31.3 Å². The zero-order valence-electron chi connectivity index (χ0n) is 16.4. The first-order valence-electron chi connectivity index (χ1n) is 9.38. The molecule has 8 nitrogen and oxygen atoms in total. The van der Waals surface area contributed by atoms with Crippen LogP contribution in [0.4, 0.5) is 11.6 Å². The number of anilines is 2. The Bertz CT molecular complexity index is 987. The van der Waals surface area contributed by atoms with Gasteiger partial charge >= 0.3 is 0 Å². The van der Waals surface area contributed by atoms with E-state index in [0.29, 0.717) is 16.7 Å². The topological polar surface area (TPSA) is 77.3 Å². The fourth-order valence-corrected chi connectivity index (χ4v) is 3.45. The van der Waals surface area contributed by atoms with Crippen LogP contribution in [0.3, 0.4) is 0 Å². The van der Waals surface area contributed by atoms with Crippen LogP contribution in [-0.4, -0.2) is 58.1 Å². The standard InChI is InChI=1S/C20H23ClN6O2/c1-26-13-15(10-23-26)19-16(21)11-22-20(25-19)24-17-4-3-14(9-18(17)28-2)12-27-5-7-29-8-6-27/h3-4,9-11,13H,5-8,12H2,1-2H3,(H,22,24,25). The molecule has 29 heavy (non-hydrogen) atoms. The third-order valence-electron chi connectivity index (χ3n) is 4.74. The van der Waals surface area contributed by atoms with E-state index in [0.717, 1.165) is 49.8 Å². The molecule has 9 heteroatoms. The normalized spacial score (nSPS) is 14.7. The van der Waals surface area contributed by atoms with E-state index in [-0.39, 0.29) is 0 Å². The van der Waals surface area contributed by atoms with Gasteiger partial charge in [-0.1, -0.05) is 17.7 Å². The SMILES string of the molecule is COc1cc(CN2CCOCC2)ccc1Nc1ncc(Cl)c(-c2cnn(C)c2)n1. The van der Waals surface area contributed by atoms with Crippen molar-refractivity contribution < 1.29 is 9.47 Å². The predicted molar refractivity (Wildman–Crippen MR) is 112 cm³/mol. The fraction of sp³-hybridized carbons (Fsp3) is 0.350. The Morgan fingerprint density at radius 3 is 2.79 bits per heavy atom. The second kappa shape index (κ2) is 8.77. The summed E-state index contributed by atoms with van der Waals surface area (Å²) < 4.78 is 12.7. The van der Waals surface area contributed by atoms with Crippen LogP contribution in [0.15, 0.2) is 36.8 Å². The number of ether oxygens (including phenoxy) is 2. The van der Waals surface area contributed by atoms with E-state index >= 15 is 0 Å². The van der Waals surface area contributed by atoms with Gasteiger partial charge in [0.1, 0.15) is 5.75 Å². The van der Waals surface area contributed by atoms with Gasteiger partial charge in [-0.2, -0.15) is 5.10 Å². The number of aromatic nitrogens is 4. The van der Waals surface area contributed by atoms with Crippen LogP contribution in [-0.2, 0) is 18.3 Å². The summed E-state index contributed by atoms with van der Waals surface area (Å²) in [5, 5.41) is 7.88. The van der Waals surface area contributed by atoms with E-state index in [4.69, 9.17) is 21.1 Å². The molecule has 0 radical (unpaired) electrons. The number of rotatable bonds is 6. The molecule has 1 aromatic carbocycles. The number of hydrogen-bond donors (Lipinski definition) is 1. The van der Waals surface area contributed by atoms with Crippen LogP contribution >= 0.6 is 11.6 Å². The number of nitrogens with one attached hydrogen (secondary N) is 1. The van der Waals surface area contributed by atoms with Gasteiger partial charge < -0.3 is 14.8 Å². The summed E-state index contributed by atoms with van der Waals surface area (Å²) in [4.78, 5) is 11.2. The number of benzene rings is 1. The van der Waals surface area contributed by atoms with E-state index < -0.39 is 0 Å². The highest BCUT2D eigenvalue weighted by molar-refractivity contribution is 6.32. The van der Waals surface area contributed by atoms with Gasteiger partial charge in [-0.15, -0.1) is 0 Å². The third kappa shape index (κ3) is 4.67. The van der Waals surface area contributed by atoms with Gasteiger partial charge in [0.25, 0.3) is 0 Å². The first-order chi connectivity index (χ1) is 14.1. The second-order valence-electron chi connectivity index (χ2n) is 6.84. The monoisotopic (exact) mass is 414 g/mol. The molecule has 1 fully saturated rings. The molecule has 152 valence electrons. The molecular formula is C20H23ClN6O2. The number of halogens is 1. The fourth-order valence-electron chi connectivity index (χ4n) is 3.25. The van der Waals surface area contributed by atoms with Crippen LogP contribution in [0.25, 0.3) is 11.3 Å². The van der Waals surface area contributed by atoms with Gasteiger partial charge in [0.15, 0.2) is 0 Å². The Morgan fingerprint density at radius 2 is 2.07 bits per heavy atom. The van der Waals surface area contributed by atoms with Crippen LogP contribution in [0.1, 0.15) is 5.56 Å². The van der Waals surface area contributed by atoms with Crippen molar-refractivity contribution >= 4 is 23.2 Å². The minimum atomic E-state index is 0.437. The Morgan fingerprint density at radius 1 is 1.24 bits per heavy atom. The molecular weight excluding hydrogens is 392 g/mol. The highest BCUT2D eigenvalue weighted by atomic mass is 35.5. The minimum absolute atomic E-state index is 0.437. The highest BCUT2D eigenvalue weighted by Crippen LogP contribution is 2.30. The number of morpholine rings is 1. The molecule has 3 aromatic rings. The summed E-state index contributed by atoms with van der Waals surface area (Å²) in [6.45, 7) is 4.31. The second-order valence-corrected chi connectivity index (χ2v) is 7.25. The molecule has 0 bridgehead atoms. The van der Waals surface area contributed by atoms with Crippen LogP contribution in [0, 0.1) is 0 Å². The molecule has 1 N–H and O–H groups in total. The Kier molecular flexibility index (Phi) is 5.94. The van der Waals surface area contributed by atoms with Crippen LogP contribution in [0.2, 0.25) is 5.02 Å². The van der Waals surface area contributed by atoms with E-state index in [1.165, 1.54) is 5.56 Å². The largest absolute Gasteiger partial charge is 0.495 e. The van der Waals surface area contributed by atoms with Crippen molar-refractivity contribution in [1.29, 1.82) is 0 Å². The van der Waals surface area contributed by atoms with Crippen LogP contribution in [0.5, 0.6) is 5.75 Å².